The van der Waals surface area contributed by atoms with Gasteiger partial charge in [0.05, 0.1) is 6.61 Å². The highest BCUT2D eigenvalue weighted by Crippen LogP contribution is 2.35. The van der Waals surface area contributed by atoms with Gasteiger partial charge in [-0.05, 0) is 55.0 Å². The Kier molecular flexibility index (Phi) is 8.33. The van der Waals surface area contributed by atoms with E-state index in [4.69, 9.17) is 4.74 Å². The minimum Gasteiger partial charge on any atom is -0.494 e. The van der Waals surface area contributed by atoms with Crippen LogP contribution in [0.2, 0.25) is 0 Å². The van der Waals surface area contributed by atoms with Crippen LogP contribution in [-0.4, -0.2) is 16.6 Å². The van der Waals surface area contributed by atoms with E-state index in [1.54, 1.807) is 48.5 Å². The number of nitrogens with one attached hydrogen (secondary N) is 2. The number of hydrogen-bond acceptors (Lipinski definition) is 5. The Morgan fingerprint density at radius 2 is 1.56 bits per heavy atom. The molecule has 170 valence electrons. The van der Waals surface area contributed by atoms with Crippen LogP contribution in [0.1, 0.15) is 38.2 Å². The van der Waals surface area contributed by atoms with Gasteiger partial charge in [0, 0.05) is 22.0 Å². The van der Waals surface area contributed by atoms with E-state index in [2.05, 4.69) is 43.5 Å². The first-order valence-corrected chi connectivity index (χ1v) is 11.1. The molecule has 1 aromatic heterocycles. The molecule has 0 amide bonds. The summed E-state index contributed by atoms with van der Waals surface area (Å²) in [5.41, 5.74) is 0.166. The summed E-state index contributed by atoms with van der Waals surface area (Å²) in [6.07, 6.45) is 0.681. The number of nitrogens with zero attached hydrogens (tertiary/aromatic N) is 2. The largest absolute Gasteiger partial charge is 0.494 e. The number of alkyl halides is 3. The average Bonchev–Trinajstić information content (AvgIpc) is 2.76. The predicted octanol–water partition coefficient (Wildman–Crippen LogP) is 7.70. The second kappa shape index (κ2) is 11.2. The molecule has 2 aromatic carbocycles. The molecule has 5 nitrogen and oxygen atoms in total. The van der Waals surface area contributed by atoms with Gasteiger partial charge in [-0.15, -0.1) is 0 Å². The van der Waals surface area contributed by atoms with Crippen molar-refractivity contribution in [2.75, 3.05) is 17.2 Å². The Balaban J connectivity index is 1.70. The van der Waals surface area contributed by atoms with Crippen molar-refractivity contribution in [2.45, 2.75) is 38.8 Å². The third-order valence-electron chi connectivity index (χ3n) is 4.58. The molecule has 32 heavy (non-hydrogen) atoms. The average molecular weight is 509 g/mol. The van der Waals surface area contributed by atoms with E-state index in [9.17, 15) is 13.2 Å². The van der Waals surface area contributed by atoms with E-state index in [0.29, 0.717) is 18.0 Å². The maximum atomic E-state index is 13.4. The zero-order chi connectivity index (χ0) is 23.0. The summed E-state index contributed by atoms with van der Waals surface area (Å²) in [6, 6.07) is 13.9. The van der Waals surface area contributed by atoms with Crippen molar-refractivity contribution >= 4 is 39.1 Å². The van der Waals surface area contributed by atoms with Crippen LogP contribution in [0.4, 0.5) is 36.3 Å². The van der Waals surface area contributed by atoms with Crippen molar-refractivity contribution in [1.82, 2.24) is 9.97 Å². The molecule has 2 N–H and O–H groups in total. The van der Waals surface area contributed by atoms with Crippen LogP contribution in [0.25, 0.3) is 0 Å². The topological polar surface area (TPSA) is 59.1 Å². The number of hydrogen-bond donors (Lipinski definition) is 2. The lowest BCUT2D eigenvalue weighted by molar-refractivity contribution is -0.137. The van der Waals surface area contributed by atoms with E-state index in [1.165, 1.54) is 12.8 Å². The third kappa shape index (κ3) is 7.12. The van der Waals surface area contributed by atoms with Crippen molar-refractivity contribution < 1.29 is 17.9 Å². The fourth-order valence-corrected chi connectivity index (χ4v) is 3.16. The number of anilines is 4. The molecule has 3 rings (SSSR count). The minimum absolute atomic E-state index is 0.0471. The van der Waals surface area contributed by atoms with Crippen LogP contribution in [0.5, 0.6) is 5.75 Å². The molecule has 0 fully saturated rings. The van der Waals surface area contributed by atoms with Crippen LogP contribution in [0.3, 0.4) is 0 Å². The van der Waals surface area contributed by atoms with Gasteiger partial charge in [0.2, 0.25) is 5.95 Å². The fraction of sp³-hybridized carbons (Fsp3) is 0.304. The molecular weight excluding hydrogens is 485 g/mol. The standard InChI is InChI=1S/C23H24BrF3N4O/c1-2-3-4-5-14-32-19-12-10-18(11-13-19)30-22-28-15-20(23(25,26)27)21(31-22)29-17-8-6-16(24)7-9-17/h6-13,15H,2-5,14H2,1H3,(H2,28,29,30,31). The smallest absolute Gasteiger partial charge is 0.421 e. The Hall–Kier alpha value is -2.81. The van der Waals surface area contributed by atoms with Gasteiger partial charge >= 0.3 is 6.18 Å². The van der Waals surface area contributed by atoms with Gasteiger partial charge < -0.3 is 15.4 Å². The maximum Gasteiger partial charge on any atom is 0.421 e. The van der Waals surface area contributed by atoms with Gasteiger partial charge in [0.15, 0.2) is 0 Å². The Labute approximate surface area is 193 Å². The number of aromatic nitrogens is 2. The molecular formula is C23H24BrF3N4O. The molecule has 0 radical (unpaired) electrons. The molecule has 0 atom stereocenters. The van der Waals surface area contributed by atoms with E-state index in [0.717, 1.165) is 29.3 Å². The van der Waals surface area contributed by atoms with Crippen molar-refractivity contribution in [3.8, 4) is 5.75 Å². The van der Waals surface area contributed by atoms with Gasteiger partial charge in [-0.2, -0.15) is 18.2 Å². The second-order valence-corrected chi connectivity index (χ2v) is 8.06. The zero-order valence-corrected chi connectivity index (χ0v) is 19.1. The van der Waals surface area contributed by atoms with Gasteiger partial charge in [-0.3, -0.25) is 0 Å². The quantitative estimate of drug-likeness (QED) is 0.274. The second-order valence-electron chi connectivity index (χ2n) is 7.14. The summed E-state index contributed by atoms with van der Waals surface area (Å²) in [5.74, 6) is 0.452. The molecule has 3 aromatic rings. The van der Waals surface area contributed by atoms with Gasteiger partial charge in [-0.1, -0.05) is 42.1 Å². The SMILES string of the molecule is CCCCCCOc1ccc(Nc2ncc(C(F)(F)F)c(Nc3ccc(Br)cc3)n2)cc1. The summed E-state index contributed by atoms with van der Waals surface area (Å²) in [4.78, 5) is 7.89. The molecule has 0 saturated heterocycles. The van der Waals surface area contributed by atoms with Crippen molar-refractivity contribution in [3.63, 3.8) is 0 Å². The van der Waals surface area contributed by atoms with E-state index in [1.807, 2.05) is 0 Å². The first-order chi connectivity index (χ1) is 15.3. The van der Waals surface area contributed by atoms with Gasteiger partial charge in [-0.25, -0.2) is 4.98 Å². The number of halogens is 4. The monoisotopic (exact) mass is 508 g/mol. The zero-order valence-electron chi connectivity index (χ0n) is 17.5. The molecule has 9 heteroatoms. The van der Waals surface area contributed by atoms with Crippen molar-refractivity contribution in [2.24, 2.45) is 0 Å². The van der Waals surface area contributed by atoms with Crippen LogP contribution in [0, 0.1) is 0 Å². The summed E-state index contributed by atoms with van der Waals surface area (Å²) in [6.45, 7) is 2.81. The lowest BCUT2D eigenvalue weighted by atomic mass is 10.2. The van der Waals surface area contributed by atoms with Gasteiger partial charge in [0.25, 0.3) is 0 Å². The summed E-state index contributed by atoms with van der Waals surface area (Å²) < 4.78 is 46.8. The Morgan fingerprint density at radius 3 is 2.22 bits per heavy atom. The highest BCUT2D eigenvalue weighted by molar-refractivity contribution is 9.10. The minimum atomic E-state index is -4.59. The summed E-state index contributed by atoms with van der Waals surface area (Å²) in [7, 11) is 0. The van der Waals surface area contributed by atoms with Crippen LogP contribution in [0.15, 0.2) is 59.2 Å². The van der Waals surface area contributed by atoms with E-state index in [-0.39, 0.29) is 11.8 Å². The molecule has 0 aliphatic heterocycles. The number of rotatable bonds is 10. The molecule has 0 unspecified atom stereocenters. The molecule has 0 saturated carbocycles. The lowest BCUT2D eigenvalue weighted by Crippen LogP contribution is -2.12. The maximum absolute atomic E-state index is 13.4. The van der Waals surface area contributed by atoms with E-state index >= 15 is 0 Å². The van der Waals surface area contributed by atoms with Crippen LogP contribution >= 0.6 is 15.9 Å². The lowest BCUT2D eigenvalue weighted by Gasteiger charge is -2.15. The normalized spacial score (nSPS) is 11.3. The third-order valence-corrected chi connectivity index (χ3v) is 5.11. The predicted molar refractivity (Wildman–Crippen MR) is 124 cm³/mol. The first kappa shape index (κ1) is 23.8. The molecule has 0 aliphatic rings. The fourth-order valence-electron chi connectivity index (χ4n) is 2.90. The van der Waals surface area contributed by atoms with Crippen LogP contribution in [-0.2, 0) is 6.18 Å². The molecule has 0 bridgehead atoms. The number of ether oxygens (including phenoxy) is 1. The highest BCUT2D eigenvalue weighted by Gasteiger charge is 2.35. The van der Waals surface area contributed by atoms with Crippen molar-refractivity contribution in [1.29, 1.82) is 0 Å². The highest BCUT2D eigenvalue weighted by atomic mass is 79.9. The summed E-state index contributed by atoms with van der Waals surface area (Å²) in [5, 5.41) is 5.66. The number of unbranched alkanes of at least 4 members (excludes halogenated alkanes) is 3. The summed E-state index contributed by atoms with van der Waals surface area (Å²) >= 11 is 3.30. The van der Waals surface area contributed by atoms with Gasteiger partial charge in [0.1, 0.15) is 17.1 Å². The number of benzene rings is 2. The molecule has 1 heterocycles. The van der Waals surface area contributed by atoms with Crippen LogP contribution < -0.4 is 15.4 Å². The van der Waals surface area contributed by atoms with Crippen molar-refractivity contribution in [3.05, 3.63) is 64.8 Å². The molecule has 0 spiro atoms. The first-order valence-electron chi connectivity index (χ1n) is 10.3. The molecule has 0 aliphatic carbocycles. The van der Waals surface area contributed by atoms with E-state index < -0.39 is 11.7 Å². The Morgan fingerprint density at radius 1 is 0.906 bits per heavy atom. The Bertz CT molecular complexity index is 996.